The molecule has 11 heteroatoms. The summed E-state index contributed by atoms with van der Waals surface area (Å²) in [6, 6.07) is 8.58. The lowest BCUT2D eigenvalue weighted by Crippen LogP contribution is -2.31. The molecule has 0 aromatic heterocycles. The van der Waals surface area contributed by atoms with E-state index in [4.69, 9.17) is 4.74 Å². The number of carbonyl (C=O) groups excluding carboxylic acids is 2. The van der Waals surface area contributed by atoms with Gasteiger partial charge in [0.25, 0.3) is 11.6 Å². The number of ether oxygens (including phenoxy) is 1. The van der Waals surface area contributed by atoms with Crippen molar-refractivity contribution in [1.82, 2.24) is 4.31 Å². The lowest BCUT2D eigenvalue weighted by atomic mass is 10.1. The number of hydrogen-bond donors (Lipinski definition) is 1. The zero-order valence-electron chi connectivity index (χ0n) is 18.2. The maximum absolute atomic E-state index is 12.8. The molecule has 0 unspecified atom stereocenters. The Bertz CT molecular complexity index is 1140. The fourth-order valence-electron chi connectivity index (χ4n) is 3.13. The molecule has 0 aliphatic rings. The average molecular weight is 464 g/mol. The third-order valence-corrected chi connectivity index (χ3v) is 6.97. The monoisotopic (exact) mass is 463 g/mol. The zero-order chi connectivity index (χ0) is 24.1. The summed E-state index contributed by atoms with van der Waals surface area (Å²) in [5.74, 6) is -1.72. The van der Waals surface area contributed by atoms with E-state index in [0.29, 0.717) is 24.2 Å². The number of rotatable bonds is 9. The van der Waals surface area contributed by atoms with Gasteiger partial charge in [0.15, 0.2) is 6.61 Å². The Kier molecular flexibility index (Phi) is 8.06. The third-order valence-electron chi connectivity index (χ3n) is 4.78. The number of nitrogens with one attached hydrogen (secondary N) is 1. The van der Waals surface area contributed by atoms with Gasteiger partial charge < -0.3 is 10.1 Å². The van der Waals surface area contributed by atoms with Crippen molar-refractivity contribution in [2.75, 3.05) is 25.0 Å². The minimum atomic E-state index is -3.74. The molecule has 0 radical (unpaired) electrons. The topological polar surface area (TPSA) is 136 Å². The van der Waals surface area contributed by atoms with E-state index in [0.717, 1.165) is 0 Å². The van der Waals surface area contributed by atoms with Crippen molar-refractivity contribution < 1.29 is 27.7 Å². The molecule has 0 saturated heterocycles. The molecular formula is C21H25N3O7S. The number of nitro groups is 1. The number of amides is 1. The number of anilines is 1. The first kappa shape index (κ1) is 25.0. The third kappa shape index (κ3) is 5.48. The molecule has 0 saturated carbocycles. The Morgan fingerprint density at radius 2 is 1.75 bits per heavy atom. The summed E-state index contributed by atoms with van der Waals surface area (Å²) in [6.07, 6.45) is 0. The van der Waals surface area contributed by atoms with Gasteiger partial charge in [-0.3, -0.25) is 14.9 Å². The van der Waals surface area contributed by atoms with Crippen molar-refractivity contribution in [2.24, 2.45) is 0 Å². The van der Waals surface area contributed by atoms with E-state index in [2.05, 4.69) is 5.32 Å². The van der Waals surface area contributed by atoms with Gasteiger partial charge in [-0.15, -0.1) is 0 Å². The summed E-state index contributed by atoms with van der Waals surface area (Å²) in [5.41, 5.74) is 0.431. The largest absolute Gasteiger partial charge is 0.452 e. The molecule has 0 aliphatic carbocycles. The molecule has 1 N–H and O–H groups in total. The predicted octanol–water partition coefficient (Wildman–Crippen LogP) is 3.04. The van der Waals surface area contributed by atoms with Crippen LogP contribution in [0.4, 0.5) is 11.4 Å². The predicted molar refractivity (Wildman–Crippen MR) is 118 cm³/mol. The Balaban J connectivity index is 2.15. The lowest BCUT2D eigenvalue weighted by molar-refractivity contribution is -0.385. The van der Waals surface area contributed by atoms with Crippen LogP contribution in [-0.2, 0) is 19.6 Å². The van der Waals surface area contributed by atoms with Gasteiger partial charge in [0, 0.05) is 24.8 Å². The SMILES string of the molecule is CCN(CC)S(=O)(=O)c1cc(NC(=O)COC(=O)c2c(C)cccc2[N+](=O)[O-])ccc1C. The number of esters is 1. The lowest BCUT2D eigenvalue weighted by Gasteiger charge is -2.20. The van der Waals surface area contributed by atoms with Crippen LogP contribution in [0.1, 0.15) is 35.3 Å². The van der Waals surface area contributed by atoms with Crippen LogP contribution < -0.4 is 5.32 Å². The summed E-state index contributed by atoms with van der Waals surface area (Å²) in [7, 11) is -3.74. The molecule has 0 spiro atoms. The second kappa shape index (κ2) is 10.3. The second-order valence-corrected chi connectivity index (χ2v) is 8.83. The first-order valence-electron chi connectivity index (χ1n) is 9.84. The highest BCUT2D eigenvalue weighted by atomic mass is 32.2. The first-order chi connectivity index (χ1) is 15.0. The highest BCUT2D eigenvalue weighted by molar-refractivity contribution is 7.89. The van der Waals surface area contributed by atoms with Crippen LogP contribution in [0.5, 0.6) is 0 Å². The van der Waals surface area contributed by atoms with Crippen LogP contribution in [-0.4, -0.2) is 49.2 Å². The van der Waals surface area contributed by atoms with Crippen LogP contribution in [0.3, 0.4) is 0 Å². The van der Waals surface area contributed by atoms with E-state index in [1.165, 1.54) is 41.6 Å². The molecule has 0 bridgehead atoms. The highest BCUT2D eigenvalue weighted by Crippen LogP contribution is 2.24. The number of nitro benzene ring substituents is 1. The number of benzene rings is 2. The van der Waals surface area contributed by atoms with Crippen molar-refractivity contribution in [3.63, 3.8) is 0 Å². The van der Waals surface area contributed by atoms with Gasteiger partial charge in [0.05, 0.1) is 9.82 Å². The standard InChI is InChI=1S/C21H25N3O7S/c1-5-23(6-2)32(29,30)18-12-16(11-10-14(18)3)22-19(25)13-31-21(26)20-15(4)8-7-9-17(20)24(27)28/h7-12H,5-6,13H2,1-4H3,(H,22,25). The first-order valence-corrected chi connectivity index (χ1v) is 11.3. The zero-order valence-corrected chi connectivity index (χ0v) is 19.1. The van der Waals surface area contributed by atoms with E-state index < -0.39 is 39.1 Å². The van der Waals surface area contributed by atoms with Gasteiger partial charge in [-0.2, -0.15) is 4.31 Å². The van der Waals surface area contributed by atoms with Crippen LogP contribution >= 0.6 is 0 Å². The van der Waals surface area contributed by atoms with E-state index in [1.807, 2.05) is 0 Å². The quantitative estimate of drug-likeness (QED) is 0.343. The van der Waals surface area contributed by atoms with Crippen LogP contribution in [0, 0.1) is 24.0 Å². The second-order valence-electron chi connectivity index (χ2n) is 6.92. The maximum Gasteiger partial charge on any atom is 0.345 e. The normalized spacial score (nSPS) is 11.3. The molecule has 0 aliphatic heterocycles. The summed E-state index contributed by atoms with van der Waals surface area (Å²) in [4.78, 5) is 35.1. The Labute approximate surface area is 186 Å². The van der Waals surface area contributed by atoms with Crippen LogP contribution in [0.15, 0.2) is 41.3 Å². The Morgan fingerprint density at radius 3 is 2.34 bits per heavy atom. The van der Waals surface area contributed by atoms with E-state index in [9.17, 15) is 28.1 Å². The smallest absolute Gasteiger partial charge is 0.345 e. The summed E-state index contributed by atoms with van der Waals surface area (Å²) in [5, 5.41) is 13.6. The van der Waals surface area contributed by atoms with Crippen molar-refractivity contribution in [3.8, 4) is 0 Å². The maximum atomic E-state index is 12.8. The van der Waals surface area contributed by atoms with Crippen molar-refractivity contribution in [3.05, 3.63) is 63.2 Å². The molecular weight excluding hydrogens is 438 g/mol. The van der Waals surface area contributed by atoms with Gasteiger partial charge in [-0.05, 0) is 37.1 Å². The number of aryl methyl sites for hydroxylation is 2. The number of sulfonamides is 1. The fourth-order valence-corrected chi connectivity index (χ4v) is 4.84. The fraction of sp³-hybridized carbons (Fsp3) is 0.333. The molecule has 2 aromatic carbocycles. The highest BCUT2D eigenvalue weighted by Gasteiger charge is 2.25. The molecule has 0 heterocycles. The minimum Gasteiger partial charge on any atom is -0.452 e. The summed E-state index contributed by atoms with van der Waals surface area (Å²) in [6.45, 7) is 6.54. The Hall–Kier alpha value is -3.31. The van der Waals surface area contributed by atoms with Gasteiger partial charge in [0.1, 0.15) is 5.56 Å². The van der Waals surface area contributed by atoms with Crippen LogP contribution in [0.2, 0.25) is 0 Å². The van der Waals surface area contributed by atoms with Gasteiger partial charge in [-0.1, -0.05) is 32.0 Å². The summed E-state index contributed by atoms with van der Waals surface area (Å²) >= 11 is 0. The van der Waals surface area contributed by atoms with Crippen molar-refractivity contribution >= 4 is 33.3 Å². The molecule has 0 atom stereocenters. The molecule has 2 rings (SSSR count). The van der Waals surface area contributed by atoms with Gasteiger partial charge in [-0.25, -0.2) is 13.2 Å². The van der Waals surface area contributed by atoms with E-state index in [1.54, 1.807) is 26.8 Å². The number of nitrogens with zero attached hydrogens (tertiary/aromatic N) is 2. The molecule has 32 heavy (non-hydrogen) atoms. The molecule has 2 aromatic rings. The molecule has 172 valence electrons. The van der Waals surface area contributed by atoms with Crippen LogP contribution in [0.25, 0.3) is 0 Å². The van der Waals surface area contributed by atoms with E-state index >= 15 is 0 Å². The number of carbonyl (C=O) groups is 2. The van der Waals surface area contributed by atoms with Crippen molar-refractivity contribution in [1.29, 1.82) is 0 Å². The van der Waals surface area contributed by atoms with Gasteiger partial charge in [0.2, 0.25) is 10.0 Å². The molecule has 10 nitrogen and oxygen atoms in total. The summed E-state index contributed by atoms with van der Waals surface area (Å²) < 4.78 is 31.9. The Morgan fingerprint density at radius 1 is 1.09 bits per heavy atom. The van der Waals surface area contributed by atoms with Crippen molar-refractivity contribution in [2.45, 2.75) is 32.6 Å². The number of hydrogen-bond acceptors (Lipinski definition) is 7. The van der Waals surface area contributed by atoms with E-state index in [-0.39, 0.29) is 16.1 Å². The minimum absolute atomic E-state index is 0.0616. The average Bonchev–Trinajstić information content (AvgIpc) is 2.73. The molecule has 0 fully saturated rings. The van der Waals surface area contributed by atoms with Gasteiger partial charge >= 0.3 is 5.97 Å². The molecule has 1 amide bonds.